The monoisotopic (exact) mass is 413 g/mol. The smallest absolute Gasteiger partial charge is 0.262 e. The third kappa shape index (κ3) is 3.26. The van der Waals surface area contributed by atoms with Gasteiger partial charge in [0.25, 0.3) is 5.91 Å². The molecule has 0 bridgehead atoms. The van der Waals surface area contributed by atoms with Crippen LogP contribution in [0.15, 0.2) is 48.5 Å². The van der Waals surface area contributed by atoms with Crippen molar-refractivity contribution >= 4 is 34.8 Å². The van der Waals surface area contributed by atoms with Crippen molar-refractivity contribution in [1.29, 1.82) is 0 Å². The minimum absolute atomic E-state index is 0.187. The van der Waals surface area contributed by atoms with Gasteiger partial charge in [-0.1, -0.05) is 23.7 Å². The van der Waals surface area contributed by atoms with E-state index in [1.54, 1.807) is 17.2 Å². The maximum Gasteiger partial charge on any atom is 0.262 e. The second-order valence-corrected chi connectivity index (χ2v) is 8.36. The molecular weight excluding hydrogens is 390 g/mol. The SMILES string of the molecule is CC(C)N1C(=O)[C@@H]2[C@@H](ON(c3ccc(Cl)cc3)[C@H]2c2ccc(N(C)C)cc2)C1=O. The molecule has 0 aliphatic carbocycles. The minimum Gasteiger partial charge on any atom is -0.378 e. The predicted octanol–water partition coefficient (Wildman–Crippen LogP) is 3.66. The van der Waals surface area contributed by atoms with Gasteiger partial charge in [-0.2, -0.15) is 0 Å². The van der Waals surface area contributed by atoms with E-state index >= 15 is 0 Å². The summed E-state index contributed by atoms with van der Waals surface area (Å²) in [5.41, 5.74) is 2.73. The van der Waals surface area contributed by atoms with Crippen molar-refractivity contribution in [3.05, 3.63) is 59.1 Å². The van der Waals surface area contributed by atoms with Crippen molar-refractivity contribution in [3.8, 4) is 0 Å². The van der Waals surface area contributed by atoms with E-state index in [1.807, 2.05) is 69.2 Å². The van der Waals surface area contributed by atoms with Crippen LogP contribution in [0.4, 0.5) is 11.4 Å². The Morgan fingerprint density at radius 3 is 2.14 bits per heavy atom. The van der Waals surface area contributed by atoms with Gasteiger partial charge in [-0.05, 0) is 55.8 Å². The first kappa shape index (κ1) is 19.7. The number of carbonyl (C=O) groups is 2. The molecule has 7 heteroatoms. The number of carbonyl (C=O) groups excluding carboxylic acids is 2. The molecule has 2 saturated heterocycles. The number of amides is 2. The quantitative estimate of drug-likeness (QED) is 0.716. The molecule has 2 amide bonds. The van der Waals surface area contributed by atoms with Crippen LogP contribution in [0.5, 0.6) is 0 Å². The van der Waals surface area contributed by atoms with Crippen LogP contribution in [0.25, 0.3) is 0 Å². The van der Waals surface area contributed by atoms with E-state index in [0.29, 0.717) is 5.02 Å². The van der Waals surface area contributed by atoms with Crippen LogP contribution in [0.2, 0.25) is 5.02 Å². The average Bonchev–Trinajstić information content (AvgIpc) is 3.19. The molecule has 2 aliphatic rings. The van der Waals surface area contributed by atoms with E-state index in [1.165, 1.54) is 4.90 Å². The number of imide groups is 1. The molecule has 6 nitrogen and oxygen atoms in total. The van der Waals surface area contributed by atoms with Crippen LogP contribution >= 0.6 is 11.6 Å². The van der Waals surface area contributed by atoms with E-state index in [0.717, 1.165) is 16.9 Å². The first-order chi connectivity index (χ1) is 13.8. The van der Waals surface area contributed by atoms with E-state index < -0.39 is 18.1 Å². The Bertz CT molecular complexity index is 927. The standard InChI is InChI=1S/C22H24ClN3O3/c1-13(2)25-21(27)18-19(14-5-9-16(10-6-14)24(3)4)26(29-20(18)22(25)28)17-11-7-15(23)8-12-17/h5-13,18-20H,1-4H3/t18-,19-,20+/m0/s1. The summed E-state index contributed by atoms with van der Waals surface area (Å²) in [5.74, 6) is -1.06. The summed E-state index contributed by atoms with van der Waals surface area (Å²) in [6.07, 6.45) is -0.820. The summed E-state index contributed by atoms with van der Waals surface area (Å²) < 4.78 is 0. The lowest BCUT2D eigenvalue weighted by molar-refractivity contribution is -0.145. The number of fused-ring (bicyclic) bond motifs is 1. The van der Waals surface area contributed by atoms with Gasteiger partial charge in [-0.3, -0.25) is 19.3 Å². The van der Waals surface area contributed by atoms with Gasteiger partial charge in [0.2, 0.25) is 5.91 Å². The lowest BCUT2D eigenvalue weighted by Crippen LogP contribution is -2.41. The molecule has 2 aliphatic heterocycles. The van der Waals surface area contributed by atoms with Crippen molar-refractivity contribution in [2.75, 3.05) is 24.1 Å². The summed E-state index contributed by atoms with van der Waals surface area (Å²) >= 11 is 6.04. The fraction of sp³-hybridized carbons (Fsp3) is 0.364. The third-order valence-electron chi connectivity index (χ3n) is 5.50. The molecule has 2 aromatic rings. The first-order valence-corrected chi connectivity index (χ1v) is 10.0. The van der Waals surface area contributed by atoms with Crippen LogP contribution in [-0.2, 0) is 14.4 Å². The molecule has 0 N–H and O–H groups in total. The molecule has 0 radical (unpaired) electrons. The number of benzene rings is 2. The number of nitrogens with zero attached hydrogens (tertiary/aromatic N) is 3. The molecule has 4 rings (SSSR count). The number of hydrogen-bond donors (Lipinski definition) is 0. The van der Waals surface area contributed by atoms with Gasteiger partial charge in [0.15, 0.2) is 6.10 Å². The van der Waals surface area contributed by atoms with E-state index in [-0.39, 0.29) is 17.9 Å². The molecular formula is C22H24ClN3O3. The Labute approximate surface area is 175 Å². The van der Waals surface area contributed by atoms with Crippen LogP contribution in [-0.4, -0.2) is 43.0 Å². The average molecular weight is 414 g/mol. The fourth-order valence-electron chi connectivity index (χ4n) is 4.07. The van der Waals surface area contributed by atoms with Crippen molar-refractivity contribution in [2.45, 2.75) is 32.0 Å². The highest BCUT2D eigenvalue weighted by Gasteiger charge is 2.60. The van der Waals surface area contributed by atoms with Gasteiger partial charge in [0.1, 0.15) is 5.92 Å². The number of rotatable bonds is 4. The summed E-state index contributed by atoms with van der Waals surface area (Å²) in [6, 6.07) is 14.6. The minimum atomic E-state index is -0.820. The summed E-state index contributed by atoms with van der Waals surface area (Å²) in [4.78, 5) is 35.5. The maximum atomic E-state index is 13.2. The Morgan fingerprint density at radius 1 is 0.966 bits per heavy atom. The molecule has 2 fully saturated rings. The van der Waals surface area contributed by atoms with Gasteiger partial charge in [-0.15, -0.1) is 0 Å². The zero-order chi connectivity index (χ0) is 20.9. The third-order valence-corrected chi connectivity index (χ3v) is 5.75. The van der Waals surface area contributed by atoms with E-state index in [4.69, 9.17) is 16.4 Å². The topological polar surface area (TPSA) is 53.1 Å². The molecule has 0 spiro atoms. The molecule has 2 aromatic carbocycles. The fourth-order valence-corrected chi connectivity index (χ4v) is 4.19. The Morgan fingerprint density at radius 2 is 1.59 bits per heavy atom. The van der Waals surface area contributed by atoms with Gasteiger partial charge in [0, 0.05) is 30.8 Å². The van der Waals surface area contributed by atoms with Crippen LogP contribution < -0.4 is 9.96 Å². The van der Waals surface area contributed by atoms with Gasteiger partial charge >= 0.3 is 0 Å². The lowest BCUT2D eigenvalue weighted by atomic mass is 9.90. The first-order valence-electron chi connectivity index (χ1n) is 9.65. The van der Waals surface area contributed by atoms with E-state index in [2.05, 4.69) is 0 Å². The highest BCUT2D eigenvalue weighted by molar-refractivity contribution is 6.30. The molecule has 152 valence electrons. The normalized spacial score (nSPS) is 23.9. The van der Waals surface area contributed by atoms with Crippen molar-refractivity contribution in [2.24, 2.45) is 5.92 Å². The van der Waals surface area contributed by atoms with Gasteiger partial charge in [0.05, 0.1) is 11.7 Å². The van der Waals surface area contributed by atoms with Crippen LogP contribution in [0.3, 0.4) is 0 Å². The molecule has 2 heterocycles. The van der Waals surface area contributed by atoms with Crippen molar-refractivity contribution < 1.29 is 14.4 Å². The van der Waals surface area contributed by atoms with E-state index in [9.17, 15) is 9.59 Å². The number of anilines is 2. The summed E-state index contributed by atoms with van der Waals surface area (Å²) in [7, 11) is 3.95. The Balaban J connectivity index is 1.78. The highest BCUT2D eigenvalue weighted by Crippen LogP contribution is 2.47. The largest absolute Gasteiger partial charge is 0.378 e. The second kappa shape index (κ2) is 7.35. The highest BCUT2D eigenvalue weighted by atomic mass is 35.5. The molecule has 0 aromatic heterocycles. The maximum absolute atomic E-state index is 13.2. The van der Waals surface area contributed by atoms with Crippen LogP contribution in [0.1, 0.15) is 25.5 Å². The number of hydrogen-bond acceptors (Lipinski definition) is 5. The zero-order valence-electron chi connectivity index (χ0n) is 16.9. The van der Waals surface area contributed by atoms with Crippen molar-refractivity contribution in [1.82, 2.24) is 4.90 Å². The molecule has 0 unspecified atom stereocenters. The Hall–Kier alpha value is -2.57. The van der Waals surface area contributed by atoms with Gasteiger partial charge < -0.3 is 4.90 Å². The molecule has 0 saturated carbocycles. The summed E-state index contributed by atoms with van der Waals surface area (Å²) in [5, 5.41) is 2.29. The number of likely N-dealkylation sites (tertiary alicyclic amines) is 1. The predicted molar refractivity (Wildman–Crippen MR) is 113 cm³/mol. The molecule has 29 heavy (non-hydrogen) atoms. The van der Waals surface area contributed by atoms with Gasteiger partial charge in [-0.25, -0.2) is 5.06 Å². The van der Waals surface area contributed by atoms with Crippen LogP contribution in [0, 0.1) is 5.92 Å². The van der Waals surface area contributed by atoms with Crippen molar-refractivity contribution in [3.63, 3.8) is 0 Å². The Kier molecular flexibility index (Phi) is 5.00. The molecule has 3 atom stereocenters. The lowest BCUT2D eigenvalue weighted by Gasteiger charge is -2.30. The number of hydroxylamine groups is 1. The number of halogens is 1. The zero-order valence-corrected chi connectivity index (χ0v) is 17.6. The second-order valence-electron chi connectivity index (χ2n) is 7.93. The summed E-state index contributed by atoms with van der Waals surface area (Å²) in [6.45, 7) is 3.68.